The van der Waals surface area contributed by atoms with Crippen molar-refractivity contribution in [2.45, 2.75) is 13.8 Å². The molecule has 0 atom stereocenters. The number of nitrogens with one attached hydrogen (secondary N) is 1. The van der Waals surface area contributed by atoms with Crippen molar-refractivity contribution in [1.29, 1.82) is 0 Å². The van der Waals surface area contributed by atoms with Crippen LogP contribution in [-0.4, -0.2) is 6.09 Å². The van der Waals surface area contributed by atoms with E-state index in [1.54, 1.807) is 12.1 Å². The summed E-state index contributed by atoms with van der Waals surface area (Å²) in [7, 11) is 0. The number of halogens is 1. The molecule has 4 heteroatoms. The number of hydrogen-bond donors (Lipinski definition) is 1. The number of aryl methyl sites for hydroxylation is 2. The van der Waals surface area contributed by atoms with E-state index in [9.17, 15) is 4.79 Å². The lowest BCUT2D eigenvalue weighted by Gasteiger charge is -2.12. The SMILES string of the molecule is Cc1cc(Br)cc(C)c1NC(=O)Oc1ccccc1. The molecule has 19 heavy (non-hydrogen) atoms. The van der Waals surface area contributed by atoms with E-state index < -0.39 is 6.09 Å². The molecule has 3 nitrogen and oxygen atoms in total. The Labute approximate surface area is 120 Å². The lowest BCUT2D eigenvalue weighted by Crippen LogP contribution is -2.18. The minimum absolute atomic E-state index is 0.486. The van der Waals surface area contributed by atoms with Crippen molar-refractivity contribution in [1.82, 2.24) is 0 Å². The second-order valence-electron chi connectivity index (χ2n) is 4.24. The summed E-state index contributed by atoms with van der Waals surface area (Å²) < 4.78 is 6.19. The zero-order valence-corrected chi connectivity index (χ0v) is 12.3. The summed E-state index contributed by atoms with van der Waals surface area (Å²) in [5, 5.41) is 2.77. The predicted octanol–water partition coefficient (Wildman–Crippen LogP) is 4.68. The fourth-order valence-electron chi connectivity index (χ4n) is 1.83. The van der Waals surface area contributed by atoms with Crippen LogP contribution >= 0.6 is 15.9 Å². The highest BCUT2D eigenvalue weighted by atomic mass is 79.9. The first-order valence-electron chi connectivity index (χ1n) is 5.87. The molecule has 0 aliphatic rings. The Kier molecular flexibility index (Phi) is 4.22. The maximum absolute atomic E-state index is 11.8. The van der Waals surface area contributed by atoms with Crippen LogP contribution in [0.5, 0.6) is 5.75 Å². The number of anilines is 1. The molecule has 98 valence electrons. The minimum Gasteiger partial charge on any atom is -0.410 e. The Hall–Kier alpha value is -1.81. The summed E-state index contributed by atoms with van der Waals surface area (Å²) in [6.07, 6.45) is -0.486. The molecule has 2 aromatic rings. The number of hydrogen-bond acceptors (Lipinski definition) is 2. The fourth-order valence-corrected chi connectivity index (χ4v) is 2.52. The second kappa shape index (κ2) is 5.89. The van der Waals surface area contributed by atoms with Crippen LogP contribution in [0.15, 0.2) is 46.9 Å². The number of rotatable bonds is 2. The number of benzene rings is 2. The van der Waals surface area contributed by atoms with Crippen molar-refractivity contribution in [3.8, 4) is 5.75 Å². The Balaban J connectivity index is 2.12. The van der Waals surface area contributed by atoms with Crippen LogP contribution in [0.3, 0.4) is 0 Å². The van der Waals surface area contributed by atoms with Crippen molar-refractivity contribution in [2.24, 2.45) is 0 Å². The van der Waals surface area contributed by atoms with Gasteiger partial charge in [0.2, 0.25) is 0 Å². The molecule has 1 N–H and O–H groups in total. The molecule has 0 aliphatic carbocycles. The third-order valence-electron chi connectivity index (χ3n) is 2.68. The van der Waals surface area contributed by atoms with Gasteiger partial charge in [-0.25, -0.2) is 4.79 Å². The van der Waals surface area contributed by atoms with Gasteiger partial charge in [0.25, 0.3) is 0 Å². The topological polar surface area (TPSA) is 38.3 Å². The molecular weight excluding hydrogens is 306 g/mol. The number of carbonyl (C=O) groups is 1. The number of para-hydroxylation sites is 1. The molecule has 0 aromatic heterocycles. The van der Waals surface area contributed by atoms with E-state index in [1.165, 1.54) is 0 Å². The predicted molar refractivity (Wildman–Crippen MR) is 79.7 cm³/mol. The quantitative estimate of drug-likeness (QED) is 0.873. The van der Waals surface area contributed by atoms with Crippen LogP contribution in [0.25, 0.3) is 0 Å². The van der Waals surface area contributed by atoms with E-state index in [0.29, 0.717) is 5.75 Å². The van der Waals surface area contributed by atoms with E-state index >= 15 is 0 Å². The summed E-state index contributed by atoms with van der Waals surface area (Å²) in [5.74, 6) is 0.521. The van der Waals surface area contributed by atoms with Crippen LogP contribution in [0.2, 0.25) is 0 Å². The van der Waals surface area contributed by atoms with Crippen LogP contribution < -0.4 is 10.1 Å². The van der Waals surface area contributed by atoms with Crippen molar-refractivity contribution < 1.29 is 9.53 Å². The second-order valence-corrected chi connectivity index (χ2v) is 5.16. The van der Waals surface area contributed by atoms with Gasteiger partial charge >= 0.3 is 6.09 Å². The van der Waals surface area contributed by atoms with Gasteiger partial charge in [-0.15, -0.1) is 0 Å². The van der Waals surface area contributed by atoms with Crippen LogP contribution in [0, 0.1) is 13.8 Å². The smallest absolute Gasteiger partial charge is 0.410 e. The highest BCUT2D eigenvalue weighted by Crippen LogP contribution is 2.25. The summed E-state index contributed by atoms with van der Waals surface area (Å²) in [6.45, 7) is 3.88. The molecule has 0 heterocycles. The zero-order chi connectivity index (χ0) is 13.8. The normalized spacial score (nSPS) is 10.1. The average Bonchev–Trinajstić information content (AvgIpc) is 2.35. The molecule has 0 spiro atoms. The van der Waals surface area contributed by atoms with Crippen LogP contribution in [0.4, 0.5) is 10.5 Å². The van der Waals surface area contributed by atoms with E-state index in [4.69, 9.17) is 4.74 Å². The molecule has 2 aromatic carbocycles. The molecule has 2 rings (SSSR count). The van der Waals surface area contributed by atoms with Gasteiger partial charge in [0, 0.05) is 10.2 Å². The van der Waals surface area contributed by atoms with Gasteiger partial charge < -0.3 is 4.74 Å². The van der Waals surface area contributed by atoms with Gasteiger partial charge in [-0.1, -0.05) is 34.1 Å². The molecule has 0 fully saturated rings. The number of carbonyl (C=O) groups excluding carboxylic acids is 1. The molecule has 0 saturated carbocycles. The Morgan fingerprint density at radius 1 is 1.11 bits per heavy atom. The Morgan fingerprint density at radius 3 is 2.26 bits per heavy atom. The maximum atomic E-state index is 11.8. The minimum atomic E-state index is -0.486. The third-order valence-corrected chi connectivity index (χ3v) is 3.14. The maximum Gasteiger partial charge on any atom is 0.417 e. The van der Waals surface area contributed by atoms with Gasteiger partial charge in [-0.05, 0) is 49.2 Å². The van der Waals surface area contributed by atoms with Crippen molar-refractivity contribution in [2.75, 3.05) is 5.32 Å². The van der Waals surface area contributed by atoms with Gasteiger partial charge in [0.1, 0.15) is 5.75 Å². The van der Waals surface area contributed by atoms with Crippen molar-refractivity contribution in [3.63, 3.8) is 0 Å². The summed E-state index contributed by atoms with van der Waals surface area (Å²) in [4.78, 5) is 11.8. The monoisotopic (exact) mass is 319 g/mol. The van der Waals surface area contributed by atoms with E-state index in [0.717, 1.165) is 21.3 Å². The zero-order valence-electron chi connectivity index (χ0n) is 10.7. The first-order chi connectivity index (χ1) is 9.06. The first-order valence-corrected chi connectivity index (χ1v) is 6.66. The summed E-state index contributed by atoms with van der Waals surface area (Å²) in [6, 6.07) is 12.9. The molecule has 0 bridgehead atoms. The Bertz CT molecular complexity index is 573. The van der Waals surface area contributed by atoms with Gasteiger partial charge in [-0.2, -0.15) is 0 Å². The molecule has 0 radical (unpaired) electrons. The summed E-state index contributed by atoms with van der Waals surface area (Å²) >= 11 is 3.42. The van der Waals surface area contributed by atoms with Crippen molar-refractivity contribution in [3.05, 3.63) is 58.1 Å². The average molecular weight is 320 g/mol. The fraction of sp³-hybridized carbons (Fsp3) is 0.133. The molecule has 0 saturated heterocycles. The highest BCUT2D eigenvalue weighted by molar-refractivity contribution is 9.10. The number of amides is 1. The number of ether oxygens (including phenoxy) is 1. The molecule has 1 amide bonds. The van der Waals surface area contributed by atoms with Crippen molar-refractivity contribution >= 4 is 27.7 Å². The lowest BCUT2D eigenvalue weighted by atomic mass is 10.1. The largest absolute Gasteiger partial charge is 0.417 e. The highest BCUT2D eigenvalue weighted by Gasteiger charge is 2.10. The third kappa shape index (κ3) is 3.58. The van der Waals surface area contributed by atoms with Gasteiger partial charge in [0.05, 0.1) is 0 Å². The molecule has 0 aliphatic heterocycles. The first kappa shape index (κ1) is 13.6. The van der Waals surface area contributed by atoms with Crippen LogP contribution in [0.1, 0.15) is 11.1 Å². The standard InChI is InChI=1S/C15H14BrNO2/c1-10-8-12(16)9-11(2)14(10)17-15(18)19-13-6-4-3-5-7-13/h3-9H,1-2H3,(H,17,18). The van der Waals surface area contributed by atoms with E-state index in [-0.39, 0.29) is 0 Å². The Morgan fingerprint density at radius 2 is 1.68 bits per heavy atom. The lowest BCUT2D eigenvalue weighted by molar-refractivity contribution is 0.215. The van der Waals surface area contributed by atoms with Gasteiger partial charge in [-0.3, -0.25) is 5.32 Å². The van der Waals surface area contributed by atoms with E-state index in [1.807, 2.05) is 44.2 Å². The van der Waals surface area contributed by atoms with Gasteiger partial charge in [0.15, 0.2) is 0 Å². The molecular formula is C15H14BrNO2. The summed E-state index contributed by atoms with van der Waals surface area (Å²) in [5.41, 5.74) is 2.75. The van der Waals surface area contributed by atoms with E-state index in [2.05, 4.69) is 21.2 Å². The van der Waals surface area contributed by atoms with Crippen LogP contribution in [-0.2, 0) is 0 Å². The molecule has 0 unspecified atom stereocenters.